The third-order valence-corrected chi connectivity index (χ3v) is 6.01. The summed E-state index contributed by atoms with van der Waals surface area (Å²) in [6.45, 7) is 0. The van der Waals surface area contributed by atoms with Gasteiger partial charge in [-0.05, 0) is 30.5 Å². The standard InChI is InChI=1S/C20H19ClO2/c21-18-16-12-7-13-17(18)20(16,15-10-5-2-6-11-15)23-19(22)14-8-3-1-4-9-14/h1-6,8-11,16-18H,7,12-13H2/t16-,17+,18?,20?. The maximum Gasteiger partial charge on any atom is 0.339 e. The quantitative estimate of drug-likeness (QED) is 0.599. The third kappa shape index (κ3) is 2.20. The zero-order valence-corrected chi connectivity index (χ0v) is 13.6. The lowest BCUT2D eigenvalue weighted by molar-refractivity contribution is -0.183. The Morgan fingerprint density at radius 1 is 0.957 bits per heavy atom. The number of ether oxygens (including phenoxy) is 1. The highest BCUT2D eigenvalue weighted by atomic mass is 35.5. The summed E-state index contributed by atoms with van der Waals surface area (Å²) in [5.41, 5.74) is 1.12. The molecule has 2 aromatic rings. The number of alkyl halides is 1. The molecule has 3 heteroatoms. The summed E-state index contributed by atoms with van der Waals surface area (Å²) in [4.78, 5) is 12.7. The zero-order valence-electron chi connectivity index (χ0n) is 12.8. The number of fused-ring (bicyclic) bond motifs is 2. The van der Waals surface area contributed by atoms with Crippen LogP contribution in [0.5, 0.6) is 0 Å². The van der Waals surface area contributed by atoms with E-state index in [0.717, 1.165) is 24.8 Å². The first-order valence-corrected chi connectivity index (χ1v) is 8.65. The summed E-state index contributed by atoms with van der Waals surface area (Å²) >= 11 is 6.59. The Morgan fingerprint density at radius 2 is 1.52 bits per heavy atom. The van der Waals surface area contributed by atoms with Gasteiger partial charge in [0.2, 0.25) is 0 Å². The van der Waals surface area contributed by atoms with E-state index in [1.807, 2.05) is 36.4 Å². The molecule has 118 valence electrons. The van der Waals surface area contributed by atoms with E-state index in [-0.39, 0.29) is 23.2 Å². The van der Waals surface area contributed by atoms with Crippen LogP contribution in [0.4, 0.5) is 0 Å². The Balaban J connectivity index is 1.72. The van der Waals surface area contributed by atoms with E-state index in [0.29, 0.717) is 5.56 Å². The van der Waals surface area contributed by atoms with E-state index >= 15 is 0 Å². The van der Waals surface area contributed by atoms with Crippen LogP contribution in [0, 0.1) is 11.8 Å². The van der Waals surface area contributed by atoms with Crippen molar-refractivity contribution in [2.24, 2.45) is 11.8 Å². The fourth-order valence-electron chi connectivity index (χ4n) is 4.34. The largest absolute Gasteiger partial charge is 0.450 e. The van der Waals surface area contributed by atoms with Crippen molar-refractivity contribution in [3.8, 4) is 0 Å². The van der Waals surface area contributed by atoms with Gasteiger partial charge in [-0.25, -0.2) is 4.79 Å². The molecule has 2 unspecified atom stereocenters. The Morgan fingerprint density at radius 3 is 2.09 bits per heavy atom. The number of esters is 1. The van der Waals surface area contributed by atoms with E-state index in [4.69, 9.17) is 16.3 Å². The van der Waals surface area contributed by atoms with Crippen LogP contribution in [-0.4, -0.2) is 11.3 Å². The van der Waals surface area contributed by atoms with Crippen molar-refractivity contribution < 1.29 is 9.53 Å². The normalized spacial score (nSPS) is 32.0. The van der Waals surface area contributed by atoms with Gasteiger partial charge in [0.05, 0.1) is 5.56 Å². The van der Waals surface area contributed by atoms with Gasteiger partial charge in [-0.3, -0.25) is 0 Å². The van der Waals surface area contributed by atoms with Crippen molar-refractivity contribution >= 4 is 17.6 Å². The highest BCUT2D eigenvalue weighted by molar-refractivity contribution is 6.22. The summed E-state index contributed by atoms with van der Waals surface area (Å²) in [5, 5.41) is 0.104. The Bertz CT molecular complexity index is 686. The molecular formula is C20H19ClO2. The average molecular weight is 327 g/mol. The monoisotopic (exact) mass is 326 g/mol. The van der Waals surface area contributed by atoms with Crippen molar-refractivity contribution in [2.75, 3.05) is 0 Å². The number of carbonyl (C=O) groups is 1. The van der Waals surface area contributed by atoms with E-state index in [1.54, 1.807) is 12.1 Å². The maximum absolute atomic E-state index is 12.7. The zero-order chi connectivity index (χ0) is 15.9. The fourth-order valence-corrected chi connectivity index (χ4v) is 4.96. The van der Waals surface area contributed by atoms with Crippen LogP contribution < -0.4 is 0 Å². The van der Waals surface area contributed by atoms with Gasteiger partial charge in [0.25, 0.3) is 0 Å². The number of halogens is 1. The summed E-state index contributed by atoms with van der Waals surface area (Å²) in [5.74, 6) is 0.158. The molecule has 4 atom stereocenters. The van der Waals surface area contributed by atoms with Gasteiger partial charge in [0.15, 0.2) is 0 Å². The second-order valence-corrected chi connectivity index (χ2v) is 7.01. The Hall–Kier alpha value is -1.80. The molecule has 23 heavy (non-hydrogen) atoms. The number of carbonyl (C=O) groups excluding carboxylic acids is 1. The lowest BCUT2D eigenvalue weighted by atomic mass is 9.51. The minimum absolute atomic E-state index is 0.104. The third-order valence-electron chi connectivity index (χ3n) is 5.40. The lowest BCUT2D eigenvalue weighted by Crippen LogP contribution is -2.65. The molecule has 2 aliphatic carbocycles. The highest BCUT2D eigenvalue weighted by Crippen LogP contribution is 2.63. The van der Waals surface area contributed by atoms with Crippen molar-refractivity contribution in [3.05, 3.63) is 71.8 Å². The Kier molecular flexibility index (Phi) is 3.65. The molecule has 2 bridgehead atoms. The number of rotatable bonds is 3. The highest BCUT2D eigenvalue weighted by Gasteiger charge is 2.66. The molecule has 0 N–H and O–H groups in total. The van der Waals surface area contributed by atoms with Crippen LogP contribution in [0.1, 0.15) is 35.2 Å². The predicted octanol–water partition coefficient (Wildman–Crippen LogP) is 4.78. The average Bonchev–Trinajstić information content (AvgIpc) is 2.63. The molecule has 0 saturated heterocycles. The van der Waals surface area contributed by atoms with Crippen LogP contribution >= 0.6 is 11.6 Å². The van der Waals surface area contributed by atoms with Crippen LogP contribution in [0.15, 0.2) is 60.7 Å². The topological polar surface area (TPSA) is 26.3 Å². The molecule has 0 aromatic heterocycles. The first-order chi connectivity index (χ1) is 11.2. The molecule has 0 spiro atoms. The molecule has 2 fully saturated rings. The van der Waals surface area contributed by atoms with E-state index in [1.165, 1.54) is 0 Å². The predicted molar refractivity (Wildman–Crippen MR) is 90.4 cm³/mol. The molecule has 2 nitrogen and oxygen atoms in total. The SMILES string of the molecule is O=C(OC1(c2ccccc2)[C@@H]2CCC[C@H]1C2Cl)c1ccccc1. The van der Waals surface area contributed by atoms with Crippen LogP contribution in [0.2, 0.25) is 0 Å². The minimum atomic E-state index is -0.557. The van der Waals surface area contributed by atoms with Crippen molar-refractivity contribution in [1.82, 2.24) is 0 Å². The second kappa shape index (κ2) is 5.68. The first kappa shape index (κ1) is 14.8. The molecular weight excluding hydrogens is 308 g/mol. The van der Waals surface area contributed by atoms with Crippen molar-refractivity contribution in [1.29, 1.82) is 0 Å². The van der Waals surface area contributed by atoms with Gasteiger partial charge in [0, 0.05) is 17.2 Å². The molecule has 0 amide bonds. The molecule has 4 rings (SSSR count). The second-order valence-electron chi connectivity index (χ2n) is 6.50. The molecule has 0 radical (unpaired) electrons. The van der Waals surface area contributed by atoms with Crippen LogP contribution in [-0.2, 0) is 10.3 Å². The number of hydrogen-bond acceptors (Lipinski definition) is 2. The first-order valence-electron chi connectivity index (χ1n) is 8.21. The Labute approximate surface area is 141 Å². The maximum atomic E-state index is 12.7. The summed E-state index contributed by atoms with van der Waals surface area (Å²) < 4.78 is 6.16. The van der Waals surface area contributed by atoms with Gasteiger partial charge in [-0.1, -0.05) is 55.0 Å². The van der Waals surface area contributed by atoms with Crippen LogP contribution in [0.25, 0.3) is 0 Å². The smallest absolute Gasteiger partial charge is 0.339 e. The number of hydrogen-bond donors (Lipinski definition) is 0. The molecule has 0 heterocycles. The summed E-state index contributed by atoms with van der Waals surface area (Å²) in [7, 11) is 0. The van der Waals surface area contributed by atoms with E-state index in [2.05, 4.69) is 12.1 Å². The van der Waals surface area contributed by atoms with Crippen LogP contribution in [0.3, 0.4) is 0 Å². The van der Waals surface area contributed by atoms with Gasteiger partial charge in [-0.15, -0.1) is 11.6 Å². The van der Waals surface area contributed by atoms with Gasteiger partial charge < -0.3 is 4.74 Å². The van der Waals surface area contributed by atoms with Crippen molar-refractivity contribution in [3.63, 3.8) is 0 Å². The number of benzene rings is 2. The lowest BCUT2D eigenvalue weighted by Gasteiger charge is -2.61. The minimum Gasteiger partial charge on any atom is -0.450 e. The van der Waals surface area contributed by atoms with Gasteiger partial charge in [0.1, 0.15) is 5.60 Å². The molecule has 2 aromatic carbocycles. The summed E-state index contributed by atoms with van der Waals surface area (Å²) in [6, 6.07) is 19.3. The molecule has 2 aliphatic rings. The van der Waals surface area contributed by atoms with E-state index < -0.39 is 5.60 Å². The van der Waals surface area contributed by atoms with Crippen molar-refractivity contribution in [2.45, 2.75) is 30.2 Å². The molecule has 2 saturated carbocycles. The van der Waals surface area contributed by atoms with Gasteiger partial charge in [-0.2, -0.15) is 0 Å². The van der Waals surface area contributed by atoms with Gasteiger partial charge >= 0.3 is 5.97 Å². The fraction of sp³-hybridized carbons (Fsp3) is 0.350. The van der Waals surface area contributed by atoms with E-state index in [9.17, 15) is 4.79 Å². The summed E-state index contributed by atoms with van der Waals surface area (Å²) in [6.07, 6.45) is 3.19. The molecule has 0 aliphatic heterocycles.